The first kappa shape index (κ1) is 17.0. The summed E-state index contributed by atoms with van der Waals surface area (Å²) >= 11 is 7.87. The highest BCUT2D eigenvalue weighted by molar-refractivity contribution is 9.11. The number of halogens is 2. The van der Waals surface area contributed by atoms with Crippen molar-refractivity contribution >= 4 is 55.7 Å². The Bertz CT molecular complexity index is 696. The molecule has 2 N–H and O–H groups in total. The summed E-state index contributed by atoms with van der Waals surface area (Å²) in [4.78, 5) is 15.8. The van der Waals surface area contributed by atoms with Gasteiger partial charge >= 0.3 is 0 Å². The maximum atomic E-state index is 11.7. The van der Waals surface area contributed by atoms with Crippen LogP contribution >= 0.6 is 43.6 Å². The van der Waals surface area contributed by atoms with Crippen LogP contribution in [-0.2, 0) is 4.79 Å². The van der Waals surface area contributed by atoms with Crippen molar-refractivity contribution in [2.75, 3.05) is 5.75 Å². The van der Waals surface area contributed by atoms with Crippen LogP contribution in [0.5, 0.6) is 5.75 Å². The summed E-state index contributed by atoms with van der Waals surface area (Å²) in [5, 5.41) is 14.5. The first-order valence-corrected chi connectivity index (χ1v) is 8.67. The molecular weight excluding hydrogens is 434 g/mol. The number of aromatic hydroxyl groups is 1. The Hall–Kier alpha value is -1.38. The number of hydrazone groups is 1. The molecule has 0 bridgehead atoms. The second-order valence-electron chi connectivity index (χ2n) is 4.08. The number of thioether (sulfide) groups is 1. The Morgan fingerprint density at radius 1 is 1.41 bits per heavy atom. The van der Waals surface area contributed by atoms with Crippen LogP contribution in [0.15, 0.2) is 55.6 Å². The molecule has 2 rings (SSSR count). The van der Waals surface area contributed by atoms with E-state index in [1.807, 2.05) is 18.2 Å². The Balaban J connectivity index is 1.88. The Labute approximate surface area is 148 Å². The fraction of sp³-hybridized carbons (Fsp3) is 0.0714. The van der Waals surface area contributed by atoms with E-state index in [1.165, 1.54) is 18.0 Å². The standard InChI is InChI=1S/C14H11Br2N3O2S/c15-10-5-9(14(21)11(16)6-10)7-18-19-12(20)8-22-13-3-1-2-4-17-13/h1-7,21H,8H2,(H,19,20)/b18-7+. The van der Waals surface area contributed by atoms with Gasteiger partial charge in [0.25, 0.3) is 0 Å². The number of phenolic OH excluding ortho intramolecular Hbond substituents is 1. The number of rotatable bonds is 5. The number of benzene rings is 1. The van der Waals surface area contributed by atoms with Crippen LogP contribution in [0, 0.1) is 0 Å². The van der Waals surface area contributed by atoms with Gasteiger partial charge in [-0.05, 0) is 40.2 Å². The Kier molecular flexibility index (Phi) is 6.41. The van der Waals surface area contributed by atoms with Crippen molar-refractivity contribution in [3.8, 4) is 5.75 Å². The molecule has 0 fully saturated rings. The first-order chi connectivity index (χ1) is 10.6. The highest BCUT2D eigenvalue weighted by Crippen LogP contribution is 2.30. The van der Waals surface area contributed by atoms with E-state index in [-0.39, 0.29) is 17.4 Å². The molecule has 0 aliphatic rings. The zero-order valence-corrected chi connectivity index (χ0v) is 15.2. The van der Waals surface area contributed by atoms with Crippen molar-refractivity contribution in [3.05, 3.63) is 51.0 Å². The normalized spacial score (nSPS) is 10.8. The molecule has 1 aromatic heterocycles. The summed E-state index contributed by atoms with van der Waals surface area (Å²) < 4.78 is 1.33. The number of carbonyl (C=O) groups is 1. The molecule has 0 unspecified atom stereocenters. The maximum absolute atomic E-state index is 11.7. The van der Waals surface area contributed by atoms with Crippen molar-refractivity contribution in [2.45, 2.75) is 5.03 Å². The number of nitrogens with zero attached hydrogens (tertiary/aromatic N) is 2. The van der Waals surface area contributed by atoms with Gasteiger partial charge in [-0.15, -0.1) is 0 Å². The predicted molar refractivity (Wildman–Crippen MR) is 94.2 cm³/mol. The fourth-order valence-corrected chi connectivity index (χ4v) is 3.37. The van der Waals surface area contributed by atoms with Crippen LogP contribution in [0.25, 0.3) is 0 Å². The fourth-order valence-electron chi connectivity index (χ4n) is 1.46. The minimum Gasteiger partial charge on any atom is -0.506 e. The van der Waals surface area contributed by atoms with Crippen LogP contribution in [0.4, 0.5) is 0 Å². The van der Waals surface area contributed by atoms with Gasteiger partial charge in [0.05, 0.1) is 21.5 Å². The van der Waals surface area contributed by atoms with Gasteiger partial charge < -0.3 is 5.11 Å². The average Bonchev–Trinajstić information content (AvgIpc) is 2.51. The molecule has 114 valence electrons. The minimum absolute atomic E-state index is 0.0593. The molecule has 22 heavy (non-hydrogen) atoms. The lowest BCUT2D eigenvalue weighted by molar-refractivity contribution is -0.118. The lowest BCUT2D eigenvalue weighted by atomic mass is 10.2. The van der Waals surface area contributed by atoms with Crippen LogP contribution in [-0.4, -0.2) is 28.0 Å². The van der Waals surface area contributed by atoms with E-state index in [4.69, 9.17) is 0 Å². The van der Waals surface area contributed by atoms with E-state index in [1.54, 1.807) is 18.3 Å². The third-order valence-electron chi connectivity index (χ3n) is 2.44. The van der Waals surface area contributed by atoms with Gasteiger partial charge in [0, 0.05) is 16.2 Å². The molecule has 1 heterocycles. The van der Waals surface area contributed by atoms with Gasteiger partial charge in [-0.25, -0.2) is 10.4 Å². The van der Waals surface area contributed by atoms with Crippen molar-refractivity contribution in [3.63, 3.8) is 0 Å². The summed E-state index contributed by atoms with van der Waals surface area (Å²) in [6, 6.07) is 8.92. The second-order valence-corrected chi connectivity index (χ2v) is 6.84. The first-order valence-electron chi connectivity index (χ1n) is 6.10. The Morgan fingerprint density at radius 3 is 2.95 bits per heavy atom. The summed E-state index contributed by atoms with van der Waals surface area (Å²) in [7, 11) is 0. The smallest absolute Gasteiger partial charge is 0.250 e. The largest absolute Gasteiger partial charge is 0.506 e. The number of hydrogen-bond acceptors (Lipinski definition) is 5. The second kappa shape index (κ2) is 8.30. The monoisotopic (exact) mass is 443 g/mol. The molecule has 2 aromatic rings. The third-order valence-corrected chi connectivity index (χ3v) is 4.45. The zero-order chi connectivity index (χ0) is 15.9. The molecular formula is C14H11Br2N3O2S. The quantitative estimate of drug-likeness (QED) is 0.420. The number of phenols is 1. The van der Waals surface area contributed by atoms with E-state index in [0.29, 0.717) is 10.0 Å². The molecule has 5 nitrogen and oxygen atoms in total. The van der Waals surface area contributed by atoms with E-state index < -0.39 is 0 Å². The number of aromatic nitrogens is 1. The maximum Gasteiger partial charge on any atom is 0.250 e. The van der Waals surface area contributed by atoms with Gasteiger partial charge in [-0.2, -0.15) is 5.10 Å². The number of hydrogen-bond donors (Lipinski definition) is 2. The Morgan fingerprint density at radius 2 is 2.23 bits per heavy atom. The van der Waals surface area contributed by atoms with Crippen molar-refractivity contribution in [1.82, 2.24) is 10.4 Å². The van der Waals surface area contributed by atoms with Crippen molar-refractivity contribution in [2.24, 2.45) is 5.10 Å². The van der Waals surface area contributed by atoms with Crippen LogP contribution in [0.2, 0.25) is 0 Å². The van der Waals surface area contributed by atoms with E-state index >= 15 is 0 Å². The topological polar surface area (TPSA) is 74.6 Å². The molecule has 0 saturated heterocycles. The average molecular weight is 445 g/mol. The van der Waals surface area contributed by atoms with Gasteiger partial charge in [0.2, 0.25) is 5.91 Å². The van der Waals surface area contributed by atoms with Gasteiger partial charge in [-0.3, -0.25) is 4.79 Å². The predicted octanol–water partition coefficient (Wildman–Crippen LogP) is 3.55. The number of carbonyl (C=O) groups excluding carboxylic acids is 1. The number of nitrogens with one attached hydrogen (secondary N) is 1. The SMILES string of the molecule is O=C(CSc1ccccn1)N/N=C/c1cc(Br)cc(Br)c1O. The molecule has 0 atom stereocenters. The van der Waals surface area contributed by atoms with Crippen LogP contribution in [0.3, 0.4) is 0 Å². The van der Waals surface area contributed by atoms with Crippen LogP contribution in [0.1, 0.15) is 5.56 Å². The number of amides is 1. The van der Waals surface area contributed by atoms with Crippen LogP contribution < -0.4 is 5.43 Å². The van der Waals surface area contributed by atoms with Gasteiger partial charge in [0.15, 0.2) is 0 Å². The summed E-state index contributed by atoms with van der Waals surface area (Å²) in [5.74, 6) is 0.0206. The molecule has 0 spiro atoms. The van der Waals surface area contributed by atoms with Crippen molar-refractivity contribution < 1.29 is 9.90 Å². The van der Waals surface area contributed by atoms with Gasteiger partial charge in [-0.1, -0.05) is 33.8 Å². The summed E-state index contributed by atoms with van der Waals surface area (Å²) in [5.41, 5.74) is 2.89. The van der Waals surface area contributed by atoms with E-state index in [0.717, 1.165) is 9.50 Å². The van der Waals surface area contributed by atoms with E-state index in [2.05, 4.69) is 47.4 Å². The molecule has 1 aromatic carbocycles. The summed E-state index contributed by atoms with van der Waals surface area (Å²) in [6.45, 7) is 0. The van der Waals surface area contributed by atoms with Crippen molar-refractivity contribution in [1.29, 1.82) is 0 Å². The highest BCUT2D eigenvalue weighted by atomic mass is 79.9. The molecule has 1 amide bonds. The minimum atomic E-state index is -0.250. The summed E-state index contributed by atoms with van der Waals surface area (Å²) in [6.07, 6.45) is 3.06. The molecule has 0 saturated carbocycles. The molecule has 0 radical (unpaired) electrons. The lowest BCUT2D eigenvalue weighted by Crippen LogP contribution is -2.19. The third kappa shape index (κ3) is 5.11. The molecule has 8 heteroatoms. The number of pyridine rings is 1. The molecule has 0 aliphatic heterocycles. The lowest BCUT2D eigenvalue weighted by Gasteiger charge is -2.03. The van der Waals surface area contributed by atoms with Gasteiger partial charge in [0.1, 0.15) is 5.75 Å². The molecule has 0 aliphatic carbocycles. The van der Waals surface area contributed by atoms with E-state index in [9.17, 15) is 9.90 Å². The zero-order valence-electron chi connectivity index (χ0n) is 11.2. The highest BCUT2D eigenvalue weighted by Gasteiger charge is 2.06.